The molecule has 2 amide bonds. The zero-order chi connectivity index (χ0) is 13.0. The van der Waals surface area contributed by atoms with E-state index >= 15 is 0 Å². The van der Waals surface area contributed by atoms with Gasteiger partial charge in [0.25, 0.3) is 0 Å². The SMILES string of the molecule is Nc1cc(Cl)ncc1I.O=C1CCC(=O)N1I. The van der Waals surface area contributed by atoms with Gasteiger partial charge in [-0.1, -0.05) is 11.6 Å². The highest BCUT2D eigenvalue weighted by atomic mass is 127. The van der Waals surface area contributed by atoms with Gasteiger partial charge < -0.3 is 5.73 Å². The Morgan fingerprint density at radius 2 is 1.88 bits per heavy atom. The van der Waals surface area contributed by atoms with Gasteiger partial charge in [-0.15, -0.1) is 0 Å². The minimum atomic E-state index is -0.0735. The molecule has 1 aliphatic heterocycles. The largest absolute Gasteiger partial charge is 0.398 e. The second-order valence-corrected chi connectivity index (χ2v) is 5.61. The monoisotopic (exact) mass is 479 g/mol. The maximum atomic E-state index is 10.5. The second kappa shape index (κ2) is 6.69. The van der Waals surface area contributed by atoms with Crippen molar-refractivity contribution in [2.24, 2.45) is 0 Å². The summed E-state index contributed by atoms with van der Waals surface area (Å²) in [7, 11) is 0. The first kappa shape index (κ1) is 14.9. The van der Waals surface area contributed by atoms with Crippen LogP contribution < -0.4 is 5.73 Å². The van der Waals surface area contributed by atoms with E-state index in [1.165, 1.54) is 0 Å². The van der Waals surface area contributed by atoms with Gasteiger partial charge in [0, 0.05) is 24.7 Å². The Morgan fingerprint density at radius 1 is 1.35 bits per heavy atom. The average molecular weight is 479 g/mol. The molecule has 0 saturated carbocycles. The van der Waals surface area contributed by atoms with Gasteiger partial charge in [-0.2, -0.15) is 0 Å². The molecular weight excluding hydrogens is 471 g/mol. The standard InChI is InChI=1S/C5H4ClIN2.C4H4INO2/c6-5-1-4(8)3(7)2-9-5;5-6-3(7)1-2-4(6)8/h1-2H,(H2,8,9);1-2H2. The van der Waals surface area contributed by atoms with E-state index in [4.69, 9.17) is 17.3 Å². The Kier molecular flexibility index (Phi) is 5.86. The number of hydrogen-bond donors (Lipinski definition) is 1. The third-order valence-electron chi connectivity index (χ3n) is 1.84. The van der Waals surface area contributed by atoms with Gasteiger partial charge in [0.1, 0.15) is 5.15 Å². The van der Waals surface area contributed by atoms with Crippen LogP contribution in [0.1, 0.15) is 12.8 Å². The van der Waals surface area contributed by atoms with Gasteiger partial charge in [-0.25, -0.2) is 8.10 Å². The molecule has 92 valence electrons. The van der Waals surface area contributed by atoms with Crippen molar-refractivity contribution in [1.29, 1.82) is 0 Å². The molecule has 0 aliphatic carbocycles. The highest BCUT2D eigenvalue weighted by Gasteiger charge is 2.26. The average Bonchev–Trinajstić information content (AvgIpc) is 2.56. The van der Waals surface area contributed by atoms with Crippen LogP contribution in [0.15, 0.2) is 12.3 Å². The van der Waals surface area contributed by atoms with Crippen LogP contribution >= 0.6 is 57.1 Å². The van der Waals surface area contributed by atoms with Crippen molar-refractivity contribution in [3.05, 3.63) is 21.0 Å². The molecule has 2 rings (SSSR count). The Morgan fingerprint density at radius 3 is 2.18 bits per heavy atom. The van der Waals surface area contributed by atoms with Crippen molar-refractivity contribution in [3.8, 4) is 0 Å². The van der Waals surface area contributed by atoms with E-state index in [0.29, 0.717) is 23.7 Å². The number of carbonyl (C=O) groups excluding carboxylic acids is 2. The van der Waals surface area contributed by atoms with E-state index in [9.17, 15) is 9.59 Å². The van der Waals surface area contributed by atoms with Crippen molar-refractivity contribution in [2.45, 2.75) is 12.8 Å². The Labute approximate surface area is 131 Å². The van der Waals surface area contributed by atoms with Gasteiger partial charge in [-0.3, -0.25) is 9.59 Å². The third kappa shape index (κ3) is 4.54. The summed E-state index contributed by atoms with van der Waals surface area (Å²) < 4.78 is 2.06. The molecule has 0 atom stereocenters. The summed E-state index contributed by atoms with van der Waals surface area (Å²) >= 11 is 9.34. The number of aromatic nitrogens is 1. The number of imide groups is 1. The van der Waals surface area contributed by atoms with Crippen LogP contribution in [0.25, 0.3) is 0 Å². The lowest BCUT2D eigenvalue weighted by Gasteiger charge is -1.97. The van der Waals surface area contributed by atoms with E-state index in [2.05, 4.69) is 27.6 Å². The maximum Gasteiger partial charge on any atom is 0.238 e. The van der Waals surface area contributed by atoms with E-state index in [1.807, 2.05) is 0 Å². The first-order chi connectivity index (χ1) is 7.91. The van der Waals surface area contributed by atoms with E-state index in [1.54, 1.807) is 35.1 Å². The smallest absolute Gasteiger partial charge is 0.238 e. The number of pyridine rings is 1. The molecule has 2 N–H and O–H groups in total. The molecule has 0 radical (unpaired) electrons. The van der Waals surface area contributed by atoms with Crippen molar-refractivity contribution in [1.82, 2.24) is 8.10 Å². The highest BCUT2D eigenvalue weighted by Crippen LogP contribution is 2.16. The minimum Gasteiger partial charge on any atom is -0.398 e. The molecule has 0 aromatic carbocycles. The lowest BCUT2D eigenvalue weighted by atomic mass is 10.4. The summed E-state index contributed by atoms with van der Waals surface area (Å²) in [5.74, 6) is -0.147. The molecular formula is C9H8ClI2N3O2. The lowest BCUT2D eigenvalue weighted by molar-refractivity contribution is -0.130. The highest BCUT2D eigenvalue weighted by molar-refractivity contribution is 14.1. The number of nitrogens with zero attached hydrogens (tertiary/aromatic N) is 2. The Bertz CT molecular complexity index is 440. The third-order valence-corrected chi connectivity index (χ3v) is 4.03. The van der Waals surface area contributed by atoms with E-state index in [0.717, 1.165) is 6.68 Å². The van der Waals surface area contributed by atoms with Crippen molar-refractivity contribution in [3.63, 3.8) is 0 Å². The maximum absolute atomic E-state index is 10.5. The quantitative estimate of drug-likeness (QED) is 0.269. The molecule has 2 heterocycles. The number of carbonyl (C=O) groups is 2. The predicted molar refractivity (Wildman–Crippen MR) is 81.5 cm³/mol. The summed E-state index contributed by atoms with van der Waals surface area (Å²) in [6.07, 6.45) is 2.42. The van der Waals surface area contributed by atoms with E-state index in [-0.39, 0.29) is 11.8 Å². The normalized spacial score (nSPS) is 14.6. The minimum absolute atomic E-state index is 0.0735. The number of rotatable bonds is 0. The lowest BCUT2D eigenvalue weighted by Crippen LogP contribution is -2.16. The number of halogens is 3. The van der Waals surface area contributed by atoms with Crippen LogP contribution in [-0.4, -0.2) is 19.9 Å². The predicted octanol–water partition coefficient (Wildman–Crippen LogP) is 2.41. The first-order valence-electron chi connectivity index (χ1n) is 4.50. The van der Waals surface area contributed by atoms with Crippen LogP contribution in [-0.2, 0) is 9.59 Å². The molecule has 17 heavy (non-hydrogen) atoms. The summed E-state index contributed by atoms with van der Waals surface area (Å²) in [5, 5.41) is 0.438. The number of hydrogen-bond acceptors (Lipinski definition) is 4. The molecule has 1 aliphatic rings. The fourth-order valence-electron chi connectivity index (χ4n) is 0.977. The van der Waals surface area contributed by atoms with Crippen molar-refractivity contribution < 1.29 is 9.59 Å². The molecule has 0 unspecified atom stereocenters. The van der Waals surface area contributed by atoms with Crippen molar-refractivity contribution >= 4 is 74.6 Å². The number of anilines is 1. The fraction of sp³-hybridized carbons (Fsp3) is 0.222. The van der Waals surface area contributed by atoms with Gasteiger partial charge in [0.15, 0.2) is 0 Å². The molecule has 1 fully saturated rings. The zero-order valence-electron chi connectivity index (χ0n) is 8.49. The zero-order valence-corrected chi connectivity index (χ0v) is 13.6. The molecule has 1 aromatic heterocycles. The topological polar surface area (TPSA) is 76.3 Å². The van der Waals surface area contributed by atoms with Crippen LogP contribution in [0.3, 0.4) is 0 Å². The molecule has 0 bridgehead atoms. The van der Waals surface area contributed by atoms with Crippen LogP contribution in [0.5, 0.6) is 0 Å². The molecule has 8 heteroatoms. The van der Waals surface area contributed by atoms with Gasteiger partial charge in [-0.05, 0) is 28.7 Å². The summed E-state index contributed by atoms with van der Waals surface area (Å²) in [6.45, 7) is 0. The second-order valence-electron chi connectivity index (χ2n) is 3.10. The van der Waals surface area contributed by atoms with Crippen LogP contribution in [0.2, 0.25) is 5.15 Å². The number of nitrogens with two attached hydrogens (primary N) is 1. The molecule has 1 aromatic rings. The summed E-state index contributed by atoms with van der Waals surface area (Å²) in [6, 6.07) is 1.63. The number of amides is 2. The van der Waals surface area contributed by atoms with Gasteiger partial charge >= 0.3 is 0 Å². The van der Waals surface area contributed by atoms with Crippen LogP contribution in [0.4, 0.5) is 5.69 Å². The fourth-order valence-corrected chi connectivity index (χ4v) is 1.92. The number of nitrogen functional groups attached to an aromatic ring is 1. The Balaban J connectivity index is 0.000000171. The van der Waals surface area contributed by atoms with E-state index < -0.39 is 0 Å². The summed E-state index contributed by atoms with van der Waals surface area (Å²) in [4.78, 5) is 24.8. The van der Waals surface area contributed by atoms with Crippen molar-refractivity contribution in [2.75, 3.05) is 5.73 Å². The van der Waals surface area contributed by atoms with Gasteiger partial charge in [0.05, 0.1) is 26.4 Å². The molecule has 0 spiro atoms. The molecule has 1 saturated heterocycles. The van der Waals surface area contributed by atoms with Crippen LogP contribution in [0, 0.1) is 3.57 Å². The summed E-state index contributed by atoms with van der Waals surface area (Å²) in [5.41, 5.74) is 6.17. The van der Waals surface area contributed by atoms with Gasteiger partial charge in [0.2, 0.25) is 11.8 Å². The Hall–Kier alpha value is -0.160. The first-order valence-corrected chi connectivity index (χ1v) is 6.92. The molecule has 5 nitrogen and oxygen atoms in total.